The fraction of sp³-hybridized carbons (Fsp3) is 0.348. The highest BCUT2D eigenvalue weighted by Crippen LogP contribution is 2.15. The molecule has 0 saturated heterocycles. The Morgan fingerprint density at radius 2 is 1.67 bits per heavy atom. The van der Waals surface area contributed by atoms with Gasteiger partial charge >= 0.3 is 0 Å². The zero-order valence-electron chi connectivity index (χ0n) is 17.7. The summed E-state index contributed by atoms with van der Waals surface area (Å²) in [6, 6.07) is 11.4. The van der Waals surface area contributed by atoms with E-state index in [0.29, 0.717) is 24.3 Å². The van der Waals surface area contributed by atoms with Crippen LogP contribution < -0.4 is 10.6 Å². The summed E-state index contributed by atoms with van der Waals surface area (Å²) in [6.45, 7) is 8.54. The van der Waals surface area contributed by atoms with E-state index in [0.717, 1.165) is 0 Å². The highest BCUT2D eigenvalue weighted by atomic mass is 19.1. The van der Waals surface area contributed by atoms with Gasteiger partial charge in [0, 0.05) is 24.3 Å². The standard InChI is InChI=1S/C23H28FN3O3/c1-5-27(6-2)23(30)16-10-9-11-17(14-16)25-22(29)20(15(3)4)26-21(28)18-12-7-8-13-19(18)24/h7-15,20H,5-6H2,1-4H3,(H,25,29)(H,26,28). The first-order valence-electron chi connectivity index (χ1n) is 10.0. The Morgan fingerprint density at radius 3 is 2.27 bits per heavy atom. The van der Waals surface area contributed by atoms with Crippen molar-refractivity contribution in [1.82, 2.24) is 10.2 Å². The lowest BCUT2D eigenvalue weighted by Crippen LogP contribution is -2.47. The largest absolute Gasteiger partial charge is 0.340 e. The van der Waals surface area contributed by atoms with Crippen molar-refractivity contribution in [2.45, 2.75) is 33.7 Å². The van der Waals surface area contributed by atoms with Crippen molar-refractivity contribution in [3.8, 4) is 0 Å². The molecule has 7 heteroatoms. The number of carbonyl (C=O) groups is 3. The fourth-order valence-corrected chi connectivity index (χ4v) is 3.04. The average Bonchev–Trinajstić information content (AvgIpc) is 2.72. The second kappa shape index (κ2) is 10.5. The molecule has 2 N–H and O–H groups in total. The van der Waals surface area contributed by atoms with E-state index in [4.69, 9.17) is 0 Å². The van der Waals surface area contributed by atoms with Crippen LogP contribution >= 0.6 is 0 Å². The Hall–Kier alpha value is -3.22. The summed E-state index contributed by atoms with van der Waals surface area (Å²) in [5, 5.41) is 5.35. The number of hydrogen-bond acceptors (Lipinski definition) is 3. The fourth-order valence-electron chi connectivity index (χ4n) is 3.04. The van der Waals surface area contributed by atoms with E-state index in [1.807, 2.05) is 13.8 Å². The van der Waals surface area contributed by atoms with Crippen LogP contribution in [0.1, 0.15) is 48.4 Å². The molecule has 0 aliphatic rings. The minimum atomic E-state index is -0.876. The molecule has 1 unspecified atom stereocenters. The smallest absolute Gasteiger partial charge is 0.254 e. The van der Waals surface area contributed by atoms with Gasteiger partial charge in [-0.2, -0.15) is 0 Å². The highest BCUT2D eigenvalue weighted by Gasteiger charge is 2.26. The van der Waals surface area contributed by atoms with Crippen LogP contribution in [0.4, 0.5) is 10.1 Å². The number of benzene rings is 2. The maximum atomic E-state index is 13.9. The normalized spacial score (nSPS) is 11.7. The molecule has 30 heavy (non-hydrogen) atoms. The first-order valence-corrected chi connectivity index (χ1v) is 10.0. The van der Waals surface area contributed by atoms with Gasteiger partial charge in [-0.25, -0.2) is 4.39 Å². The van der Waals surface area contributed by atoms with E-state index in [1.54, 1.807) is 49.1 Å². The summed E-state index contributed by atoms with van der Waals surface area (Å²) >= 11 is 0. The minimum absolute atomic E-state index is 0.121. The zero-order valence-corrected chi connectivity index (χ0v) is 17.7. The summed E-state index contributed by atoms with van der Waals surface area (Å²) in [7, 11) is 0. The number of halogens is 1. The van der Waals surface area contributed by atoms with Crippen molar-refractivity contribution < 1.29 is 18.8 Å². The molecular formula is C23H28FN3O3. The van der Waals surface area contributed by atoms with E-state index >= 15 is 0 Å². The molecule has 0 bridgehead atoms. The van der Waals surface area contributed by atoms with Gasteiger partial charge in [0.1, 0.15) is 11.9 Å². The van der Waals surface area contributed by atoms with Gasteiger partial charge in [-0.3, -0.25) is 14.4 Å². The van der Waals surface area contributed by atoms with Crippen LogP contribution in [-0.2, 0) is 4.79 Å². The Bertz CT molecular complexity index is 910. The van der Waals surface area contributed by atoms with Crippen LogP contribution in [-0.4, -0.2) is 41.8 Å². The summed E-state index contributed by atoms with van der Waals surface area (Å²) < 4.78 is 13.9. The Morgan fingerprint density at radius 1 is 1.00 bits per heavy atom. The monoisotopic (exact) mass is 413 g/mol. The first-order chi connectivity index (χ1) is 14.3. The molecule has 0 spiro atoms. The molecule has 0 fully saturated rings. The highest BCUT2D eigenvalue weighted by molar-refractivity contribution is 6.02. The molecule has 1 atom stereocenters. The van der Waals surface area contributed by atoms with E-state index in [1.165, 1.54) is 18.2 Å². The average molecular weight is 413 g/mol. The molecule has 2 aromatic carbocycles. The van der Waals surface area contributed by atoms with Gasteiger partial charge in [0.05, 0.1) is 5.56 Å². The Kier molecular flexibility index (Phi) is 8.09. The van der Waals surface area contributed by atoms with Crippen LogP contribution in [0.3, 0.4) is 0 Å². The number of nitrogens with one attached hydrogen (secondary N) is 2. The van der Waals surface area contributed by atoms with E-state index < -0.39 is 23.7 Å². The molecule has 3 amide bonds. The molecule has 0 aliphatic heterocycles. The molecule has 0 radical (unpaired) electrons. The van der Waals surface area contributed by atoms with Crippen LogP contribution in [0.15, 0.2) is 48.5 Å². The van der Waals surface area contributed by atoms with Crippen molar-refractivity contribution >= 4 is 23.4 Å². The third-order valence-electron chi connectivity index (χ3n) is 4.78. The molecule has 0 aromatic heterocycles. The third-order valence-corrected chi connectivity index (χ3v) is 4.78. The zero-order chi connectivity index (χ0) is 22.3. The summed E-state index contributed by atoms with van der Waals surface area (Å²) in [6.07, 6.45) is 0. The third kappa shape index (κ3) is 5.65. The predicted octanol–water partition coefficient (Wildman–Crippen LogP) is 3.70. The topological polar surface area (TPSA) is 78.5 Å². The molecular weight excluding hydrogens is 385 g/mol. The van der Waals surface area contributed by atoms with Crippen molar-refractivity contribution in [2.24, 2.45) is 5.92 Å². The molecule has 0 heterocycles. The maximum absolute atomic E-state index is 13.9. The van der Waals surface area contributed by atoms with E-state index in [2.05, 4.69) is 10.6 Å². The molecule has 6 nitrogen and oxygen atoms in total. The maximum Gasteiger partial charge on any atom is 0.254 e. The number of anilines is 1. The number of carbonyl (C=O) groups excluding carboxylic acids is 3. The predicted molar refractivity (Wildman–Crippen MR) is 115 cm³/mol. The van der Waals surface area contributed by atoms with E-state index in [-0.39, 0.29) is 17.4 Å². The van der Waals surface area contributed by atoms with Gasteiger partial charge < -0.3 is 15.5 Å². The van der Waals surface area contributed by atoms with Crippen molar-refractivity contribution in [2.75, 3.05) is 18.4 Å². The van der Waals surface area contributed by atoms with Crippen molar-refractivity contribution in [3.63, 3.8) is 0 Å². The lowest BCUT2D eigenvalue weighted by molar-refractivity contribution is -0.118. The minimum Gasteiger partial charge on any atom is -0.340 e. The molecule has 2 rings (SSSR count). The van der Waals surface area contributed by atoms with Crippen molar-refractivity contribution in [1.29, 1.82) is 0 Å². The van der Waals surface area contributed by atoms with Gasteiger partial charge in [-0.05, 0) is 50.1 Å². The van der Waals surface area contributed by atoms with Gasteiger partial charge in [-0.15, -0.1) is 0 Å². The lowest BCUT2D eigenvalue weighted by atomic mass is 10.0. The molecule has 2 aromatic rings. The Labute approximate surface area is 176 Å². The first kappa shape index (κ1) is 23.1. The second-order valence-electron chi connectivity index (χ2n) is 7.22. The quantitative estimate of drug-likeness (QED) is 0.693. The summed E-state index contributed by atoms with van der Waals surface area (Å²) in [4.78, 5) is 39.5. The van der Waals surface area contributed by atoms with Crippen LogP contribution in [0, 0.1) is 11.7 Å². The summed E-state index contributed by atoms with van der Waals surface area (Å²) in [5.41, 5.74) is 0.791. The van der Waals surface area contributed by atoms with Crippen LogP contribution in [0.2, 0.25) is 0 Å². The number of rotatable bonds is 8. The van der Waals surface area contributed by atoms with Gasteiger partial charge in [-0.1, -0.05) is 32.0 Å². The lowest BCUT2D eigenvalue weighted by Gasteiger charge is -2.22. The van der Waals surface area contributed by atoms with Crippen LogP contribution in [0.5, 0.6) is 0 Å². The van der Waals surface area contributed by atoms with Gasteiger partial charge in [0.15, 0.2) is 0 Å². The van der Waals surface area contributed by atoms with Crippen LogP contribution in [0.25, 0.3) is 0 Å². The number of hydrogen-bond donors (Lipinski definition) is 2. The Balaban J connectivity index is 2.16. The molecule has 0 saturated carbocycles. The number of amides is 3. The van der Waals surface area contributed by atoms with Gasteiger partial charge in [0.2, 0.25) is 5.91 Å². The van der Waals surface area contributed by atoms with Crippen molar-refractivity contribution in [3.05, 3.63) is 65.5 Å². The molecule has 0 aliphatic carbocycles. The second-order valence-corrected chi connectivity index (χ2v) is 7.22. The van der Waals surface area contributed by atoms with E-state index in [9.17, 15) is 18.8 Å². The van der Waals surface area contributed by atoms with Gasteiger partial charge in [0.25, 0.3) is 11.8 Å². The number of nitrogens with zero attached hydrogens (tertiary/aromatic N) is 1. The SMILES string of the molecule is CCN(CC)C(=O)c1cccc(NC(=O)C(NC(=O)c2ccccc2F)C(C)C)c1. The molecule has 160 valence electrons. The summed E-state index contributed by atoms with van der Waals surface area (Å²) in [5.74, 6) is -2.11.